The highest BCUT2D eigenvalue weighted by Gasteiger charge is 2.04. The SMILES string of the molecule is CC/C=C(\C)c1cc(OC)ccc1CC. The molecule has 15 heavy (non-hydrogen) atoms. The number of ether oxygens (including phenoxy) is 1. The van der Waals surface area contributed by atoms with Gasteiger partial charge in [0.25, 0.3) is 0 Å². The highest BCUT2D eigenvalue weighted by atomic mass is 16.5. The fraction of sp³-hybridized carbons (Fsp3) is 0.429. The van der Waals surface area contributed by atoms with Crippen LogP contribution in [-0.2, 0) is 6.42 Å². The van der Waals surface area contributed by atoms with Crippen molar-refractivity contribution in [3.05, 3.63) is 35.4 Å². The van der Waals surface area contributed by atoms with Crippen LogP contribution in [0, 0.1) is 0 Å². The van der Waals surface area contributed by atoms with Gasteiger partial charge in [0.05, 0.1) is 7.11 Å². The summed E-state index contributed by atoms with van der Waals surface area (Å²) in [6, 6.07) is 6.31. The van der Waals surface area contributed by atoms with Crippen LogP contribution in [0.4, 0.5) is 0 Å². The minimum Gasteiger partial charge on any atom is -0.497 e. The van der Waals surface area contributed by atoms with Gasteiger partial charge in [0.2, 0.25) is 0 Å². The zero-order valence-electron chi connectivity index (χ0n) is 10.1. The molecule has 0 fully saturated rings. The Hall–Kier alpha value is -1.24. The number of benzene rings is 1. The number of hydrogen-bond donors (Lipinski definition) is 0. The van der Waals surface area contributed by atoms with Gasteiger partial charge in [-0.2, -0.15) is 0 Å². The average molecular weight is 204 g/mol. The minimum absolute atomic E-state index is 0.936. The Morgan fingerprint density at radius 2 is 2.07 bits per heavy atom. The van der Waals surface area contributed by atoms with Gasteiger partial charge in [-0.1, -0.05) is 26.0 Å². The highest BCUT2D eigenvalue weighted by molar-refractivity contribution is 5.68. The molecule has 0 aromatic heterocycles. The van der Waals surface area contributed by atoms with Crippen LogP contribution in [-0.4, -0.2) is 7.11 Å². The highest BCUT2D eigenvalue weighted by Crippen LogP contribution is 2.24. The second-order valence-electron chi connectivity index (χ2n) is 3.67. The third-order valence-electron chi connectivity index (χ3n) is 2.63. The summed E-state index contributed by atoms with van der Waals surface area (Å²) in [6.07, 6.45) is 4.40. The number of methoxy groups -OCH3 is 1. The molecule has 0 aliphatic heterocycles. The lowest BCUT2D eigenvalue weighted by molar-refractivity contribution is 0.414. The Labute approximate surface area is 92.8 Å². The zero-order chi connectivity index (χ0) is 11.3. The van der Waals surface area contributed by atoms with Crippen molar-refractivity contribution >= 4 is 5.57 Å². The molecule has 0 aliphatic carbocycles. The van der Waals surface area contributed by atoms with E-state index in [1.165, 1.54) is 16.7 Å². The largest absolute Gasteiger partial charge is 0.497 e. The van der Waals surface area contributed by atoms with E-state index in [1.54, 1.807) is 7.11 Å². The molecule has 0 spiro atoms. The summed E-state index contributed by atoms with van der Waals surface area (Å²) < 4.78 is 5.26. The second kappa shape index (κ2) is 5.59. The van der Waals surface area contributed by atoms with Gasteiger partial charge in [0.1, 0.15) is 5.75 Å². The molecular formula is C14H20O. The summed E-state index contributed by atoms with van der Waals surface area (Å²) in [4.78, 5) is 0. The monoisotopic (exact) mass is 204 g/mol. The minimum atomic E-state index is 0.936. The maximum Gasteiger partial charge on any atom is 0.119 e. The van der Waals surface area contributed by atoms with Gasteiger partial charge < -0.3 is 4.74 Å². The van der Waals surface area contributed by atoms with Gasteiger partial charge in [0.15, 0.2) is 0 Å². The summed E-state index contributed by atoms with van der Waals surface area (Å²) in [6.45, 7) is 6.51. The Morgan fingerprint density at radius 3 is 2.60 bits per heavy atom. The first-order valence-electron chi connectivity index (χ1n) is 5.57. The van der Waals surface area contributed by atoms with E-state index in [1.807, 2.05) is 6.07 Å². The van der Waals surface area contributed by atoms with Gasteiger partial charge in [-0.15, -0.1) is 0 Å². The van der Waals surface area contributed by atoms with E-state index >= 15 is 0 Å². The van der Waals surface area contributed by atoms with Crippen LogP contribution >= 0.6 is 0 Å². The molecule has 0 saturated carbocycles. The van der Waals surface area contributed by atoms with E-state index in [-0.39, 0.29) is 0 Å². The number of hydrogen-bond acceptors (Lipinski definition) is 1. The summed E-state index contributed by atoms with van der Waals surface area (Å²) in [5.74, 6) is 0.936. The number of rotatable bonds is 4. The summed E-state index contributed by atoms with van der Waals surface area (Å²) >= 11 is 0. The normalized spacial score (nSPS) is 11.6. The van der Waals surface area contributed by atoms with Gasteiger partial charge in [-0.25, -0.2) is 0 Å². The smallest absolute Gasteiger partial charge is 0.119 e. The molecule has 0 saturated heterocycles. The fourth-order valence-electron chi connectivity index (χ4n) is 1.77. The van der Waals surface area contributed by atoms with Crippen molar-refractivity contribution in [2.75, 3.05) is 7.11 Å². The lowest BCUT2D eigenvalue weighted by Crippen LogP contribution is -1.92. The molecule has 0 aliphatic rings. The molecule has 0 unspecified atom stereocenters. The summed E-state index contributed by atoms with van der Waals surface area (Å²) in [7, 11) is 1.71. The second-order valence-corrected chi connectivity index (χ2v) is 3.67. The molecule has 82 valence electrons. The molecule has 0 radical (unpaired) electrons. The quantitative estimate of drug-likeness (QED) is 0.718. The van der Waals surface area contributed by atoms with Crippen LogP contribution < -0.4 is 4.74 Å². The van der Waals surface area contributed by atoms with Gasteiger partial charge >= 0.3 is 0 Å². The van der Waals surface area contributed by atoms with Gasteiger partial charge in [0, 0.05) is 0 Å². The van der Waals surface area contributed by atoms with Crippen molar-refractivity contribution in [3.63, 3.8) is 0 Å². The summed E-state index contributed by atoms with van der Waals surface area (Å²) in [5, 5.41) is 0. The molecule has 1 heteroatoms. The zero-order valence-corrected chi connectivity index (χ0v) is 10.1. The average Bonchev–Trinajstić information content (AvgIpc) is 2.28. The molecular weight excluding hydrogens is 184 g/mol. The van der Waals surface area contributed by atoms with E-state index < -0.39 is 0 Å². The third-order valence-corrected chi connectivity index (χ3v) is 2.63. The van der Waals surface area contributed by atoms with Crippen LogP contribution in [0.15, 0.2) is 24.3 Å². The first-order valence-corrected chi connectivity index (χ1v) is 5.57. The lowest BCUT2D eigenvalue weighted by atomic mass is 9.98. The van der Waals surface area contributed by atoms with Crippen LogP contribution in [0.25, 0.3) is 5.57 Å². The van der Waals surface area contributed by atoms with Crippen molar-refractivity contribution < 1.29 is 4.74 Å². The van der Waals surface area contributed by atoms with E-state index in [2.05, 4.69) is 39.0 Å². The first kappa shape index (κ1) is 11.8. The van der Waals surface area contributed by atoms with Crippen LogP contribution in [0.5, 0.6) is 5.75 Å². The van der Waals surface area contributed by atoms with Crippen LogP contribution in [0.2, 0.25) is 0 Å². The predicted molar refractivity (Wildman–Crippen MR) is 66.3 cm³/mol. The molecule has 0 N–H and O–H groups in total. The molecule has 0 heterocycles. The molecule has 0 bridgehead atoms. The molecule has 1 aromatic carbocycles. The number of aryl methyl sites for hydroxylation is 1. The Kier molecular flexibility index (Phi) is 4.41. The Morgan fingerprint density at radius 1 is 1.33 bits per heavy atom. The lowest BCUT2D eigenvalue weighted by Gasteiger charge is -2.10. The fourth-order valence-corrected chi connectivity index (χ4v) is 1.77. The number of allylic oxidation sites excluding steroid dienone is 2. The van der Waals surface area contributed by atoms with Crippen molar-refractivity contribution in [1.82, 2.24) is 0 Å². The van der Waals surface area contributed by atoms with E-state index in [4.69, 9.17) is 4.74 Å². The van der Waals surface area contributed by atoms with Crippen molar-refractivity contribution in [2.24, 2.45) is 0 Å². The first-order chi connectivity index (χ1) is 7.22. The maximum absolute atomic E-state index is 5.26. The van der Waals surface area contributed by atoms with E-state index in [0.717, 1.165) is 18.6 Å². The Balaban J connectivity index is 3.17. The predicted octanol–water partition coefficient (Wildman–Crippen LogP) is 4.07. The van der Waals surface area contributed by atoms with Crippen molar-refractivity contribution in [1.29, 1.82) is 0 Å². The molecule has 1 nitrogen and oxygen atoms in total. The van der Waals surface area contributed by atoms with Gasteiger partial charge in [-0.3, -0.25) is 0 Å². The van der Waals surface area contributed by atoms with Crippen LogP contribution in [0.1, 0.15) is 38.3 Å². The molecule has 1 rings (SSSR count). The van der Waals surface area contributed by atoms with E-state index in [9.17, 15) is 0 Å². The third kappa shape index (κ3) is 2.85. The van der Waals surface area contributed by atoms with Gasteiger partial charge in [-0.05, 0) is 48.6 Å². The van der Waals surface area contributed by atoms with Crippen molar-refractivity contribution in [2.45, 2.75) is 33.6 Å². The maximum atomic E-state index is 5.26. The summed E-state index contributed by atoms with van der Waals surface area (Å²) in [5.41, 5.74) is 4.05. The van der Waals surface area contributed by atoms with Crippen molar-refractivity contribution in [3.8, 4) is 5.75 Å². The standard InChI is InChI=1S/C14H20O/c1-5-7-11(3)14-10-13(15-4)9-8-12(14)6-2/h7-10H,5-6H2,1-4H3/b11-7+. The molecule has 0 atom stereocenters. The van der Waals surface area contributed by atoms with Crippen LogP contribution in [0.3, 0.4) is 0 Å². The van der Waals surface area contributed by atoms with E-state index in [0.29, 0.717) is 0 Å². The topological polar surface area (TPSA) is 9.23 Å². The Bertz CT molecular complexity index is 350. The molecule has 1 aromatic rings. The molecule has 0 amide bonds.